The molecule has 0 heterocycles. The average molecular weight is 272 g/mol. The van der Waals surface area contributed by atoms with Crippen LogP contribution in [-0.4, -0.2) is 25.7 Å². The summed E-state index contributed by atoms with van der Waals surface area (Å²) >= 11 is 5.65. The number of ketones is 1. The van der Waals surface area contributed by atoms with E-state index in [0.29, 0.717) is 10.6 Å². The molecule has 1 aromatic carbocycles. The molecule has 0 saturated carbocycles. The van der Waals surface area contributed by atoms with E-state index in [1.807, 2.05) is 0 Å². The first-order valence-corrected chi connectivity index (χ1v) is 7.01. The molecular weight excluding hydrogens is 262 g/mol. The third kappa shape index (κ3) is 4.55. The van der Waals surface area contributed by atoms with Crippen LogP contribution in [0.1, 0.15) is 16.8 Å². The first kappa shape index (κ1) is 13.7. The average Bonchev–Trinajstić information content (AvgIpc) is 2.26. The Kier molecular flexibility index (Phi) is 4.67. The fourth-order valence-electron chi connectivity index (χ4n) is 1.19. The van der Waals surface area contributed by atoms with Crippen LogP contribution in [0.3, 0.4) is 0 Å². The molecule has 0 N–H and O–H groups in total. The van der Waals surface area contributed by atoms with Crippen molar-refractivity contribution in [1.29, 1.82) is 5.26 Å². The van der Waals surface area contributed by atoms with Crippen LogP contribution < -0.4 is 0 Å². The van der Waals surface area contributed by atoms with Gasteiger partial charge in [0.05, 0.1) is 11.8 Å². The second kappa shape index (κ2) is 5.80. The summed E-state index contributed by atoms with van der Waals surface area (Å²) in [6, 6.07) is 7.74. The Bertz CT molecular complexity index is 543. The van der Waals surface area contributed by atoms with Crippen molar-refractivity contribution in [3.8, 4) is 6.07 Å². The highest BCUT2D eigenvalue weighted by molar-refractivity contribution is 7.92. The number of hydrogen-bond donors (Lipinski definition) is 0. The van der Waals surface area contributed by atoms with Gasteiger partial charge in [-0.25, -0.2) is 8.42 Å². The van der Waals surface area contributed by atoms with E-state index in [0.717, 1.165) is 0 Å². The Balaban J connectivity index is 2.73. The maximum absolute atomic E-state index is 11.6. The molecule has 90 valence electrons. The molecule has 0 fully saturated rings. The van der Waals surface area contributed by atoms with Crippen molar-refractivity contribution in [2.24, 2.45) is 0 Å². The number of rotatable bonds is 5. The molecule has 0 atom stereocenters. The van der Waals surface area contributed by atoms with Crippen molar-refractivity contribution in [1.82, 2.24) is 0 Å². The molecule has 17 heavy (non-hydrogen) atoms. The number of Topliss-reactive ketones (excluding diaryl/α,β-unsaturated/α-hetero) is 1. The lowest BCUT2D eigenvalue weighted by atomic mass is 10.1. The highest BCUT2D eigenvalue weighted by atomic mass is 35.5. The summed E-state index contributed by atoms with van der Waals surface area (Å²) in [5.74, 6) is -1.35. The number of sulfone groups is 1. The van der Waals surface area contributed by atoms with Gasteiger partial charge in [0.25, 0.3) is 0 Å². The van der Waals surface area contributed by atoms with Crippen LogP contribution in [0, 0.1) is 11.3 Å². The summed E-state index contributed by atoms with van der Waals surface area (Å²) < 4.78 is 22.9. The van der Waals surface area contributed by atoms with E-state index >= 15 is 0 Å². The van der Waals surface area contributed by atoms with Gasteiger partial charge in [-0.3, -0.25) is 4.79 Å². The number of carbonyl (C=O) groups excluding carboxylic acids is 1. The molecule has 1 aromatic rings. The smallest absolute Gasteiger partial charge is 0.177 e. The maximum Gasteiger partial charge on any atom is 0.177 e. The lowest BCUT2D eigenvalue weighted by molar-refractivity contribution is 0.102. The molecule has 6 heteroatoms. The number of nitriles is 1. The summed E-state index contributed by atoms with van der Waals surface area (Å²) in [6.45, 7) is 0. The van der Waals surface area contributed by atoms with Gasteiger partial charge in [0.2, 0.25) is 0 Å². The van der Waals surface area contributed by atoms with Crippen LogP contribution in [0.2, 0.25) is 5.02 Å². The van der Waals surface area contributed by atoms with Crippen molar-refractivity contribution < 1.29 is 13.2 Å². The lowest BCUT2D eigenvalue weighted by Gasteiger charge is -2.02. The number of carbonyl (C=O) groups is 1. The van der Waals surface area contributed by atoms with Crippen LogP contribution in [0.5, 0.6) is 0 Å². The van der Waals surface area contributed by atoms with E-state index in [1.165, 1.54) is 24.3 Å². The van der Waals surface area contributed by atoms with Gasteiger partial charge in [0.1, 0.15) is 5.75 Å². The van der Waals surface area contributed by atoms with Gasteiger partial charge in [-0.05, 0) is 24.3 Å². The number of benzene rings is 1. The summed E-state index contributed by atoms with van der Waals surface area (Å²) in [5.41, 5.74) is 0.301. The SMILES string of the molecule is N#CCCS(=O)(=O)CC(=O)c1ccc(Cl)cc1. The molecule has 0 aliphatic heterocycles. The molecule has 0 bridgehead atoms. The minimum atomic E-state index is -3.51. The summed E-state index contributed by atoms with van der Waals surface area (Å²) in [5, 5.41) is 8.78. The topological polar surface area (TPSA) is 75.0 Å². The zero-order valence-electron chi connectivity index (χ0n) is 8.89. The number of hydrogen-bond acceptors (Lipinski definition) is 4. The van der Waals surface area contributed by atoms with Crippen molar-refractivity contribution >= 4 is 27.2 Å². The van der Waals surface area contributed by atoms with E-state index in [1.54, 1.807) is 6.07 Å². The Morgan fingerprint density at radius 1 is 1.29 bits per heavy atom. The zero-order chi connectivity index (χ0) is 12.9. The standard InChI is InChI=1S/C11H10ClNO3S/c12-10-4-2-9(3-5-10)11(14)8-17(15,16)7-1-6-13/h2-5H,1,7-8H2. The molecule has 0 saturated heterocycles. The quantitative estimate of drug-likeness (QED) is 0.766. The second-order valence-electron chi connectivity index (χ2n) is 3.43. The van der Waals surface area contributed by atoms with Gasteiger partial charge in [-0.2, -0.15) is 5.26 Å². The number of halogens is 1. The van der Waals surface area contributed by atoms with E-state index < -0.39 is 21.4 Å². The minimum Gasteiger partial charge on any atom is -0.293 e. The normalized spacial score (nSPS) is 10.8. The van der Waals surface area contributed by atoms with Crippen LogP contribution in [-0.2, 0) is 9.84 Å². The Morgan fingerprint density at radius 3 is 2.41 bits per heavy atom. The predicted molar refractivity (Wildman–Crippen MR) is 64.7 cm³/mol. The monoisotopic (exact) mass is 271 g/mol. The van der Waals surface area contributed by atoms with Crippen molar-refractivity contribution in [2.45, 2.75) is 6.42 Å². The van der Waals surface area contributed by atoms with Gasteiger partial charge in [0.15, 0.2) is 15.6 Å². The number of nitrogens with zero attached hydrogens (tertiary/aromatic N) is 1. The molecule has 0 radical (unpaired) electrons. The van der Waals surface area contributed by atoms with Crippen LogP contribution >= 0.6 is 11.6 Å². The van der Waals surface area contributed by atoms with E-state index in [9.17, 15) is 13.2 Å². The molecule has 0 aliphatic carbocycles. The molecule has 0 unspecified atom stereocenters. The largest absolute Gasteiger partial charge is 0.293 e. The fourth-order valence-corrected chi connectivity index (χ4v) is 2.43. The molecule has 4 nitrogen and oxygen atoms in total. The Morgan fingerprint density at radius 2 is 1.88 bits per heavy atom. The first-order chi connectivity index (χ1) is 7.94. The van der Waals surface area contributed by atoms with E-state index in [-0.39, 0.29) is 12.2 Å². The molecular formula is C11H10ClNO3S. The Labute approximate surface area is 105 Å². The van der Waals surface area contributed by atoms with Crippen LogP contribution in [0.4, 0.5) is 0 Å². The van der Waals surface area contributed by atoms with Gasteiger partial charge < -0.3 is 0 Å². The van der Waals surface area contributed by atoms with Gasteiger partial charge in [-0.15, -0.1) is 0 Å². The highest BCUT2D eigenvalue weighted by Crippen LogP contribution is 2.11. The van der Waals surface area contributed by atoms with Gasteiger partial charge in [0, 0.05) is 17.0 Å². The minimum absolute atomic E-state index is 0.101. The molecule has 0 aliphatic rings. The second-order valence-corrected chi connectivity index (χ2v) is 6.05. The third-order valence-corrected chi connectivity index (χ3v) is 3.82. The lowest BCUT2D eigenvalue weighted by Crippen LogP contribution is -2.18. The summed E-state index contributed by atoms with van der Waals surface area (Å²) in [7, 11) is -3.51. The molecule has 0 spiro atoms. The van der Waals surface area contributed by atoms with Crippen LogP contribution in [0.25, 0.3) is 0 Å². The predicted octanol–water partition coefficient (Wildman–Crippen LogP) is 1.85. The Hall–Kier alpha value is -1.38. The van der Waals surface area contributed by atoms with Crippen molar-refractivity contribution in [3.63, 3.8) is 0 Å². The summed E-state index contributed by atoms with van der Waals surface area (Å²) in [6.07, 6.45) is -0.101. The van der Waals surface area contributed by atoms with Gasteiger partial charge in [-0.1, -0.05) is 11.6 Å². The fraction of sp³-hybridized carbons (Fsp3) is 0.273. The summed E-state index contributed by atoms with van der Waals surface area (Å²) in [4.78, 5) is 11.6. The zero-order valence-corrected chi connectivity index (χ0v) is 10.5. The third-order valence-electron chi connectivity index (χ3n) is 2.04. The first-order valence-electron chi connectivity index (χ1n) is 4.81. The van der Waals surface area contributed by atoms with E-state index in [4.69, 9.17) is 16.9 Å². The van der Waals surface area contributed by atoms with Crippen LogP contribution in [0.15, 0.2) is 24.3 Å². The van der Waals surface area contributed by atoms with Gasteiger partial charge >= 0.3 is 0 Å². The molecule has 1 rings (SSSR count). The highest BCUT2D eigenvalue weighted by Gasteiger charge is 2.17. The van der Waals surface area contributed by atoms with E-state index in [2.05, 4.69) is 0 Å². The maximum atomic E-state index is 11.6. The molecule has 0 amide bonds. The van der Waals surface area contributed by atoms with Crippen molar-refractivity contribution in [2.75, 3.05) is 11.5 Å². The van der Waals surface area contributed by atoms with Crippen molar-refractivity contribution in [3.05, 3.63) is 34.9 Å². The molecule has 0 aromatic heterocycles.